The summed E-state index contributed by atoms with van der Waals surface area (Å²) in [5.74, 6) is 3.68. The highest BCUT2D eigenvalue weighted by Crippen LogP contribution is 2.27. The van der Waals surface area contributed by atoms with Crippen molar-refractivity contribution < 1.29 is 9.84 Å². The summed E-state index contributed by atoms with van der Waals surface area (Å²) >= 11 is 1.99. The van der Waals surface area contributed by atoms with Gasteiger partial charge in [-0.05, 0) is 30.0 Å². The van der Waals surface area contributed by atoms with Crippen LogP contribution in [0.25, 0.3) is 0 Å². The molecular weight excluding hydrogens is 318 g/mol. The van der Waals surface area contributed by atoms with Crippen molar-refractivity contribution in [2.24, 2.45) is 0 Å². The van der Waals surface area contributed by atoms with Crippen molar-refractivity contribution in [3.05, 3.63) is 29.3 Å². The van der Waals surface area contributed by atoms with E-state index in [4.69, 9.17) is 4.74 Å². The Balaban J connectivity index is 0.00000242. The molecule has 0 bridgehead atoms. The van der Waals surface area contributed by atoms with Gasteiger partial charge in [-0.3, -0.25) is 4.90 Å². The molecule has 0 radical (unpaired) electrons. The van der Waals surface area contributed by atoms with E-state index in [0.29, 0.717) is 19.1 Å². The molecule has 0 spiro atoms. The Bertz CT molecular complexity index is 450. The van der Waals surface area contributed by atoms with Crippen molar-refractivity contribution in [1.29, 1.82) is 0 Å². The summed E-state index contributed by atoms with van der Waals surface area (Å²) in [4.78, 5) is 2.32. The third kappa shape index (κ3) is 5.99. The highest BCUT2D eigenvalue weighted by molar-refractivity contribution is 7.99. The molecule has 1 atom stereocenters. The zero-order valence-electron chi connectivity index (χ0n) is 13.7. The average molecular weight is 346 g/mol. The van der Waals surface area contributed by atoms with Crippen LogP contribution in [0.4, 0.5) is 0 Å². The molecule has 0 aliphatic carbocycles. The fourth-order valence-electron chi connectivity index (χ4n) is 2.56. The molecule has 126 valence electrons. The minimum Gasteiger partial charge on any atom is -0.491 e. The van der Waals surface area contributed by atoms with E-state index >= 15 is 0 Å². The molecule has 1 heterocycles. The Kier molecular flexibility index (Phi) is 8.62. The van der Waals surface area contributed by atoms with Crippen LogP contribution in [-0.4, -0.2) is 53.9 Å². The van der Waals surface area contributed by atoms with Gasteiger partial charge in [-0.1, -0.05) is 26.0 Å². The molecule has 1 aliphatic heterocycles. The van der Waals surface area contributed by atoms with E-state index < -0.39 is 6.10 Å². The number of aliphatic hydroxyl groups excluding tert-OH is 1. The predicted molar refractivity (Wildman–Crippen MR) is 97.8 cm³/mol. The first kappa shape index (κ1) is 19.6. The Morgan fingerprint density at radius 1 is 1.27 bits per heavy atom. The number of hydrogen-bond acceptors (Lipinski definition) is 4. The lowest BCUT2D eigenvalue weighted by atomic mass is 10.0. The SMILES string of the molecule is Cc1ccc(C(C)C)c(OCC(O)CN2CCSCC2)c1.Cl. The Morgan fingerprint density at radius 2 is 1.95 bits per heavy atom. The zero-order chi connectivity index (χ0) is 15.2. The second-order valence-corrected chi connectivity index (χ2v) is 7.30. The van der Waals surface area contributed by atoms with E-state index in [1.807, 2.05) is 11.8 Å². The van der Waals surface area contributed by atoms with Crippen LogP contribution in [0, 0.1) is 6.92 Å². The normalized spacial score (nSPS) is 17.1. The summed E-state index contributed by atoms with van der Waals surface area (Å²) in [5, 5.41) is 10.2. The van der Waals surface area contributed by atoms with Gasteiger partial charge in [-0.15, -0.1) is 12.4 Å². The van der Waals surface area contributed by atoms with Gasteiger partial charge < -0.3 is 9.84 Å². The average Bonchev–Trinajstić information content (AvgIpc) is 2.46. The third-order valence-electron chi connectivity index (χ3n) is 3.79. The van der Waals surface area contributed by atoms with Gasteiger partial charge in [-0.25, -0.2) is 0 Å². The van der Waals surface area contributed by atoms with Gasteiger partial charge in [0.25, 0.3) is 0 Å². The van der Waals surface area contributed by atoms with Crippen LogP contribution in [0.2, 0.25) is 0 Å². The van der Waals surface area contributed by atoms with Gasteiger partial charge in [0.1, 0.15) is 18.5 Å². The van der Waals surface area contributed by atoms with E-state index in [2.05, 4.69) is 43.9 Å². The van der Waals surface area contributed by atoms with E-state index in [9.17, 15) is 5.11 Å². The van der Waals surface area contributed by atoms with Crippen LogP contribution >= 0.6 is 24.2 Å². The Labute approximate surface area is 144 Å². The number of thioether (sulfide) groups is 1. The number of halogens is 1. The highest BCUT2D eigenvalue weighted by Gasteiger charge is 2.16. The molecule has 22 heavy (non-hydrogen) atoms. The molecule has 0 amide bonds. The standard InChI is InChI=1S/C17H27NO2S.ClH/c1-13(2)16-5-4-14(3)10-17(16)20-12-15(19)11-18-6-8-21-9-7-18;/h4-5,10,13,15,19H,6-9,11-12H2,1-3H3;1H. The first-order valence-electron chi connectivity index (χ1n) is 7.77. The second kappa shape index (κ2) is 9.66. The van der Waals surface area contributed by atoms with E-state index in [0.717, 1.165) is 18.8 Å². The summed E-state index contributed by atoms with van der Waals surface area (Å²) in [6.07, 6.45) is -0.423. The number of benzene rings is 1. The summed E-state index contributed by atoms with van der Waals surface area (Å²) in [7, 11) is 0. The number of rotatable bonds is 6. The molecule has 1 unspecified atom stereocenters. The number of β-amino-alcohol motifs (C(OH)–C–C–N with tert-alkyl or cyclic N) is 1. The number of aryl methyl sites for hydroxylation is 1. The van der Waals surface area contributed by atoms with Crippen LogP contribution in [0.3, 0.4) is 0 Å². The van der Waals surface area contributed by atoms with Gasteiger partial charge in [-0.2, -0.15) is 11.8 Å². The summed E-state index contributed by atoms with van der Waals surface area (Å²) < 4.78 is 5.90. The van der Waals surface area contributed by atoms with Crippen molar-refractivity contribution >= 4 is 24.2 Å². The van der Waals surface area contributed by atoms with Gasteiger partial charge in [0, 0.05) is 31.1 Å². The largest absolute Gasteiger partial charge is 0.491 e. The minimum atomic E-state index is -0.423. The van der Waals surface area contributed by atoms with Crippen LogP contribution in [0.1, 0.15) is 30.9 Å². The lowest BCUT2D eigenvalue weighted by molar-refractivity contribution is 0.0711. The van der Waals surface area contributed by atoms with E-state index in [1.54, 1.807) is 0 Å². The van der Waals surface area contributed by atoms with Crippen molar-refractivity contribution in [2.45, 2.75) is 32.8 Å². The fraction of sp³-hybridized carbons (Fsp3) is 0.647. The van der Waals surface area contributed by atoms with Gasteiger partial charge in [0.15, 0.2) is 0 Å². The molecule has 1 saturated heterocycles. The summed E-state index contributed by atoms with van der Waals surface area (Å²) in [6.45, 7) is 9.63. The maximum absolute atomic E-state index is 10.2. The molecule has 0 aromatic heterocycles. The van der Waals surface area contributed by atoms with Crippen LogP contribution in [-0.2, 0) is 0 Å². The lowest BCUT2D eigenvalue weighted by Crippen LogP contribution is -2.40. The van der Waals surface area contributed by atoms with Crippen molar-refractivity contribution in [2.75, 3.05) is 37.7 Å². The number of hydrogen-bond donors (Lipinski definition) is 1. The number of aliphatic hydroxyl groups is 1. The Hall–Kier alpha value is -0.420. The summed E-state index contributed by atoms with van der Waals surface area (Å²) in [6, 6.07) is 6.31. The molecule has 1 N–H and O–H groups in total. The molecule has 1 aromatic carbocycles. The van der Waals surface area contributed by atoms with Crippen LogP contribution in [0.15, 0.2) is 18.2 Å². The second-order valence-electron chi connectivity index (χ2n) is 6.07. The third-order valence-corrected chi connectivity index (χ3v) is 4.74. The Morgan fingerprint density at radius 3 is 2.59 bits per heavy atom. The van der Waals surface area contributed by atoms with Gasteiger partial charge >= 0.3 is 0 Å². The maximum Gasteiger partial charge on any atom is 0.123 e. The topological polar surface area (TPSA) is 32.7 Å². The first-order chi connectivity index (χ1) is 10.1. The number of nitrogens with zero attached hydrogens (tertiary/aromatic N) is 1. The van der Waals surface area contributed by atoms with Gasteiger partial charge in [0.2, 0.25) is 0 Å². The van der Waals surface area contributed by atoms with E-state index in [-0.39, 0.29) is 12.4 Å². The minimum absolute atomic E-state index is 0. The zero-order valence-corrected chi connectivity index (χ0v) is 15.4. The van der Waals surface area contributed by atoms with Crippen molar-refractivity contribution in [3.8, 4) is 5.75 Å². The van der Waals surface area contributed by atoms with Crippen LogP contribution in [0.5, 0.6) is 5.75 Å². The summed E-state index contributed by atoms with van der Waals surface area (Å²) in [5.41, 5.74) is 2.40. The first-order valence-corrected chi connectivity index (χ1v) is 8.93. The molecular formula is C17H28ClNO2S. The molecule has 2 rings (SSSR count). The van der Waals surface area contributed by atoms with Crippen molar-refractivity contribution in [1.82, 2.24) is 4.90 Å². The monoisotopic (exact) mass is 345 g/mol. The number of ether oxygens (including phenoxy) is 1. The molecule has 5 heteroatoms. The molecule has 1 aliphatic rings. The maximum atomic E-state index is 10.2. The van der Waals surface area contributed by atoms with Crippen LogP contribution < -0.4 is 4.74 Å². The smallest absolute Gasteiger partial charge is 0.123 e. The lowest BCUT2D eigenvalue weighted by Gasteiger charge is -2.28. The molecule has 3 nitrogen and oxygen atoms in total. The van der Waals surface area contributed by atoms with Crippen molar-refractivity contribution in [3.63, 3.8) is 0 Å². The molecule has 0 saturated carbocycles. The predicted octanol–water partition coefficient (Wildman–Crippen LogP) is 3.33. The van der Waals surface area contributed by atoms with E-state index in [1.165, 1.54) is 22.6 Å². The van der Waals surface area contributed by atoms with Gasteiger partial charge in [0.05, 0.1) is 0 Å². The quantitative estimate of drug-likeness (QED) is 0.857. The fourth-order valence-corrected chi connectivity index (χ4v) is 3.54. The molecule has 1 fully saturated rings. The highest BCUT2D eigenvalue weighted by atomic mass is 35.5. The molecule has 1 aromatic rings.